The predicted molar refractivity (Wildman–Crippen MR) is 103 cm³/mol. The van der Waals surface area contributed by atoms with E-state index in [4.69, 9.17) is 0 Å². The summed E-state index contributed by atoms with van der Waals surface area (Å²) in [7, 11) is 1.85. The first-order valence-corrected chi connectivity index (χ1v) is 8.61. The van der Waals surface area contributed by atoms with Crippen molar-refractivity contribution in [3.05, 3.63) is 64.3 Å². The molecule has 0 saturated heterocycles. The van der Waals surface area contributed by atoms with E-state index in [0.717, 1.165) is 12.1 Å². The molecule has 0 aromatic heterocycles. The van der Waals surface area contributed by atoms with Crippen LogP contribution in [0.3, 0.4) is 0 Å². The summed E-state index contributed by atoms with van der Waals surface area (Å²) in [5.74, 6) is 0. The zero-order valence-corrected chi connectivity index (χ0v) is 15.3. The van der Waals surface area contributed by atoms with Crippen LogP contribution in [0.4, 0.5) is 0 Å². The van der Waals surface area contributed by atoms with E-state index in [9.17, 15) is 0 Å². The Morgan fingerprint density at radius 1 is 1.22 bits per heavy atom. The third-order valence-corrected chi connectivity index (χ3v) is 5.10. The van der Waals surface area contributed by atoms with Crippen LogP contribution in [0.5, 0.6) is 0 Å². The second-order valence-corrected chi connectivity index (χ2v) is 6.42. The van der Waals surface area contributed by atoms with E-state index in [0.29, 0.717) is 0 Å². The smallest absolute Gasteiger partial charge is 0.0345 e. The Morgan fingerprint density at radius 3 is 2.61 bits per heavy atom. The van der Waals surface area contributed by atoms with E-state index in [2.05, 4.69) is 63.5 Å². The highest BCUT2D eigenvalue weighted by Gasteiger charge is 2.17. The van der Waals surface area contributed by atoms with Gasteiger partial charge in [0.25, 0.3) is 0 Å². The Labute approximate surface area is 141 Å². The molecule has 0 spiro atoms. The zero-order valence-electron chi connectivity index (χ0n) is 15.3. The summed E-state index contributed by atoms with van der Waals surface area (Å²) >= 11 is 0. The van der Waals surface area contributed by atoms with E-state index in [1.807, 2.05) is 7.05 Å². The molecule has 1 aliphatic rings. The predicted octanol–water partition coefficient (Wildman–Crippen LogP) is 5.95. The third kappa shape index (κ3) is 3.72. The average molecular weight is 307 g/mol. The monoisotopic (exact) mass is 307 g/mol. The molecule has 2 rings (SSSR count). The van der Waals surface area contributed by atoms with Gasteiger partial charge in [0.1, 0.15) is 0 Å². The number of allylic oxidation sites excluding steroid dienone is 5. The van der Waals surface area contributed by atoms with Crippen molar-refractivity contribution in [3.63, 3.8) is 0 Å². The Morgan fingerprint density at radius 2 is 1.96 bits per heavy atom. The lowest BCUT2D eigenvalue weighted by Crippen LogP contribution is -1.98. The molecule has 0 saturated carbocycles. The van der Waals surface area contributed by atoms with Crippen molar-refractivity contribution in [3.8, 4) is 0 Å². The fourth-order valence-corrected chi connectivity index (χ4v) is 3.30. The zero-order chi connectivity index (χ0) is 17.0. The minimum Gasteiger partial charge on any atom is -0.293 e. The van der Waals surface area contributed by atoms with Crippen molar-refractivity contribution >= 4 is 11.3 Å². The van der Waals surface area contributed by atoms with Crippen LogP contribution < -0.4 is 0 Å². The number of rotatable bonds is 5. The molecule has 0 heterocycles. The number of fused-ring (bicyclic) bond motifs is 1. The summed E-state index contributed by atoms with van der Waals surface area (Å²) in [5, 5.41) is 0. The van der Waals surface area contributed by atoms with Gasteiger partial charge < -0.3 is 0 Å². The summed E-state index contributed by atoms with van der Waals surface area (Å²) in [5.41, 5.74) is 10.5. The molecule has 23 heavy (non-hydrogen) atoms. The van der Waals surface area contributed by atoms with E-state index in [1.54, 1.807) is 0 Å². The molecule has 0 unspecified atom stereocenters. The highest BCUT2D eigenvalue weighted by Crippen LogP contribution is 2.33. The van der Waals surface area contributed by atoms with Crippen molar-refractivity contribution in [1.29, 1.82) is 0 Å². The van der Waals surface area contributed by atoms with E-state index < -0.39 is 0 Å². The Bertz CT molecular complexity index is 699. The van der Waals surface area contributed by atoms with Gasteiger partial charge in [-0.1, -0.05) is 37.8 Å². The molecular weight excluding hydrogens is 278 g/mol. The Kier molecular flexibility index (Phi) is 5.76. The topological polar surface area (TPSA) is 12.4 Å². The maximum Gasteiger partial charge on any atom is 0.0345 e. The van der Waals surface area contributed by atoms with Crippen LogP contribution in [0.15, 0.2) is 52.6 Å². The van der Waals surface area contributed by atoms with E-state index in [1.165, 1.54) is 58.2 Å². The number of hydrogen-bond donors (Lipinski definition) is 0. The summed E-state index contributed by atoms with van der Waals surface area (Å²) in [6, 6.07) is 6.69. The standard InChI is InChI=1S/C22H29N/c1-7-19(14-15(2)16(3)18(5)23-6)17(4)21-12-8-10-20-11-9-13-22(20)21/h8,10,12,14H,4,7,9,11,13H2,1-3,5-6H3/b16-15+,19-14-,23-18-. The number of hydrogen-bond acceptors (Lipinski definition) is 1. The molecule has 0 radical (unpaired) electrons. The van der Waals surface area contributed by atoms with Crippen molar-refractivity contribution in [1.82, 2.24) is 0 Å². The van der Waals surface area contributed by atoms with E-state index >= 15 is 0 Å². The van der Waals surface area contributed by atoms with Crippen molar-refractivity contribution in [2.45, 2.75) is 53.4 Å². The molecule has 122 valence electrons. The number of benzene rings is 1. The van der Waals surface area contributed by atoms with Crippen LogP contribution in [0.25, 0.3) is 5.57 Å². The first-order valence-electron chi connectivity index (χ1n) is 8.61. The number of aliphatic imine (C=N–C) groups is 1. The van der Waals surface area contributed by atoms with Gasteiger partial charge in [0.15, 0.2) is 0 Å². The Balaban J connectivity index is 2.41. The quantitative estimate of drug-likeness (QED) is 0.470. The van der Waals surface area contributed by atoms with Gasteiger partial charge in [0.2, 0.25) is 0 Å². The minimum absolute atomic E-state index is 0.995. The summed E-state index contributed by atoms with van der Waals surface area (Å²) in [6.07, 6.45) is 6.97. The highest BCUT2D eigenvalue weighted by atomic mass is 14.7. The SMILES string of the molecule is C=C(\C(=C/C(C)=C(C)/C(C)=N\C)CC)c1cccc2c1CCC2. The lowest BCUT2D eigenvalue weighted by atomic mass is 9.90. The maximum absolute atomic E-state index is 4.43. The molecule has 1 nitrogen and oxygen atoms in total. The molecule has 0 atom stereocenters. The molecule has 0 aliphatic heterocycles. The van der Waals surface area contributed by atoms with Crippen LogP contribution in [0, 0.1) is 0 Å². The fourth-order valence-electron chi connectivity index (χ4n) is 3.30. The fraction of sp³-hybridized carbons (Fsp3) is 0.409. The molecule has 1 aromatic rings. The van der Waals surface area contributed by atoms with Crippen LogP contribution >= 0.6 is 0 Å². The van der Waals surface area contributed by atoms with Crippen LogP contribution in [-0.2, 0) is 12.8 Å². The molecule has 1 aromatic carbocycles. The number of nitrogens with zero attached hydrogens (tertiary/aromatic N) is 1. The van der Waals surface area contributed by atoms with Crippen molar-refractivity contribution in [2.24, 2.45) is 4.99 Å². The first-order chi connectivity index (χ1) is 11.0. The van der Waals surface area contributed by atoms with Gasteiger partial charge in [-0.3, -0.25) is 4.99 Å². The largest absolute Gasteiger partial charge is 0.293 e. The van der Waals surface area contributed by atoms with Gasteiger partial charge in [-0.25, -0.2) is 0 Å². The summed E-state index contributed by atoms with van der Waals surface area (Å²) < 4.78 is 0. The summed E-state index contributed by atoms with van der Waals surface area (Å²) in [6.45, 7) is 13.0. The molecule has 0 fully saturated rings. The molecular formula is C22H29N. The maximum atomic E-state index is 4.43. The minimum atomic E-state index is 0.995. The van der Waals surface area contributed by atoms with Crippen LogP contribution in [0.2, 0.25) is 0 Å². The average Bonchev–Trinajstić information content (AvgIpc) is 3.05. The highest BCUT2D eigenvalue weighted by molar-refractivity contribution is 5.98. The third-order valence-electron chi connectivity index (χ3n) is 5.10. The van der Waals surface area contributed by atoms with Gasteiger partial charge in [0.05, 0.1) is 0 Å². The molecule has 1 aliphatic carbocycles. The van der Waals surface area contributed by atoms with Gasteiger partial charge >= 0.3 is 0 Å². The van der Waals surface area contributed by atoms with E-state index in [-0.39, 0.29) is 0 Å². The summed E-state index contributed by atoms with van der Waals surface area (Å²) in [4.78, 5) is 4.30. The van der Waals surface area contributed by atoms with Crippen molar-refractivity contribution < 1.29 is 0 Å². The second-order valence-electron chi connectivity index (χ2n) is 6.42. The lowest BCUT2D eigenvalue weighted by molar-refractivity contribution is 0.911. The van der Waals surface area contributed by atoms with Gasteiger partial charge in [-0.05, 0) is 85.4 Å². The molecule has 0 bridgehead atoms. The van der Waals surface area contributed by atoms with Crippen LogP contribution in [0.1, 0.15) is 57.2 Å². The first kappa shape index (κ1) is 17.5. The lowest BCUT2D eigenvalue weighted by Gasteiger charge is -2.15. The molecule has 1 heteroatoms. The molecule has 0 N–H and O–H groups in total. The van der Waals surface area contributed by atoms with Gasteiger partial charge in [0, 0.05) is 12.8 Å². The Hall–Kier alpha value is -1.89. The van der Waals surface area contributed by atoms with Crippen LogP contribution in [-0.4, -0.2) is 12.8 Å². The van der Waals surface area contributed by atoms with Crippen molar-refractivity contribution in [2.75, 3.05) is 7.05 Å². The normalized spacial score (nSPS) is 16.2. The second kappa shape index (κ2) is 7.59. The van der Waals surface area contributed by atoms with Gasteiger partial charge in [-0.2, -0.15) is 0 Å². The van der Waals surface area contributed by atoms with Gasteiger partial charge in [-0.15, -0.1) is 0 Å². The number of aryl methyl sites for hydroxylation is 1. The molecule has 0 amide bonds.